The van der Waals surface area contributed by atoms with E-state index in [0.29, 0.717) is 13.2 Å². The molecule has 0 N–H and O–H groups in total. The molecular formula is C14H22O3Si. The summed E-state index contributed by atoms with van der Waals surface area (Å²) in [6, 6.07) is 7.84. The lowest BCUT2D eigenvalue weighted by Gasteiger charge is -2.28. The van der Waals surface area contributed by atoms with E-state index in [1.54, 1.807) is 7.11 Å². The van der Waals surface area contributed by atoms with Crippen molar-refractivity contribution in [3.8, 4) is 5.75 Å². The summed E-state index contributed by atoms with van der Waals surface area (Å²) >= 11 is 0. The number of benzene rings is 1. The van der Waals surface area contributed by atoms with Crippen LogP contribution >= 0.6 is 0 Å². The van der Waals surface area contributed by atoms with Crippen molar-refractivity contribution in [1.29, 1.82) is 0 Å². The SMILES string of the molecule is C=C(c1cccc(OC)c1)[Si](C)(OCC)OCC. The maximum atomic E-state index is 5.84. The van der Waals surface area contributed by atoms with E-state index in [0.717, 1.165) is 16.5 Å². The fourth-order valence-corrected chi connectivity index (χ4v) is 4.05. The monoisotopic (exact) mass is 266 g/mol. The standard InChI is InChI=1S/C14H22O3Si/c1-6-16-18(5,17-7-2)12(3)13-9-8-10-14(11-13)15-4/h8-11H,3,6-7H2,1-2,4-5H3. The van der Waals surface area contributed by atoms with Crippen LogP contribution in [0.15, 0.2) is 30.8 Å². The minimum Gasteiger partial charge on any atom is -0.497 e. The molecule has 1 aromatic carbocycles. The van der Waals surface area contributed by atoms with Gasteiger partial charge in [0.25, 0.3) is 0 Å². The van der Waals surface area contributed by atoms with Crippen LogP contribution in [0.4, 0.5) is 0 Å². The minimum absolute atomic E-state index is 0.631. The van der Waals surface area contributed by atoms with Gasteiger partial charge in [-0.1, -0.05) is 18.7 Å². The Morgan fingerprint density at radius 1 is 1.22 bits per heavy atom. The first-order valence-electron chi connectivity index (χ1n) is 6.19. The Morgan fingerprint density at radius 3 is 2.33 bits per heavy atom. The van der Waals surface area contributed by atoms with E-state index in [1.165, 1.54) is 0 Å². The van der Waals surface area contributed by atoms with E-state index in [1.807, 2.05) is 44.7 Å². The molecule has 1 rings (SSSR count). The van der Waals surface area contributed by atoms with Gasteiger partial charge in [0.1, 0.15) is 5.75 Å². The third kappa shape index (κ3) is 3.45. The van der Waals surface area contributed by atoms with E-state index >= 15 is 0 Å². The third-order valence-corrected chi connectivity index (χ3v) is 5.87. The third-order valence-electron chi connectivity index (χ3n) is 2.81. The highest BCUT2D eigenvalue weighted by Gasteiger charge is 2.35. The predicted octanol–water partition coefficient (Wildman–Crippen LogP) is 3.39. The van der Waals surface area contributed by atoms with Gasteiger partial charge in [0.15, 0.2) is 0 Å². The Hall–Kier alpha value is -1.10. The summed E-state index contributed by atoms with van der Waals surface area (Å²) in [6.07, 6.45) is 0. The normalized spacial score (nSPS) is 11.3. The number of rotatable bonds is 7. The van der Waals surface area contributed by atoms with Crippen molar-refractivity contribution in [3.63, 3.8) is 0 Å². The summed E-state index contributed by atoms with van der Waals surface area (Å²) in [5.41, 5.74) is 1.02. The molecule has 0 bridgehead atoms. The lowest BCUT2D eigenvalue weighted by atomic mass is 10.2. The van der Waals surface area contributed by atoms with Crippen LogP contribution in [-0.2, 0) is 8.85 Å². The fourth-order valence-electron chi connectivity index (χ4n) is 1.84. The zero-order valence-electron chi connectivity index (χ0n) is 11.7. The number of hydrogen-bond donors (Lipinski definition) is 0. The Labute approximate surface area is 111 Å². The topological polar surface area (TPSA) is 27.7 Å². The molecule has 0 heterocycles. The summed E-state index contributed by atoms with van der Waals surface area (Å²) in [5.74, 6) is 0.818. The van der Waals surface area contributed by atoms with Crippen molar-refractivity contribution in [2.24, 2.45) is 0 Å². The van der Waals surface area contributed by atoms with Crippen molar-refractivity contribution in [3.05, 3.63) is 36.4 Å². The molecule has 0 saturated carbocycles. The van der Waals surface area contributed by atoms with Crippen LogP contribution in [-0.4, -0.2) is 28.9 Å². The Morgan fingerprint density at radius 2 is 1.83 bits per heavy atom. The molecule has 4 heteroatoms. The average Bonchev–Trinajstić information content (AvgIpc) is 2.38. The molecule has 0 amide bonds. The molecule has 0 aliphatic carbocycles. The quantitative estimate of drug-likeness (QED) is 0.708. The molecule has 0 aromatic heterocycles. The summed E-state index contributed by atoms with van der Waals surface area (Å²) in [5, 5.41) is 0.935. The molecule has 0 saturated heterocycles. The van der Waals surface area contributed by atoms with Gasteiger partial charge in [0.05, 0.1) is 7.11 Å². The van der Waals surface area contributed by atoms with Crippen LogP contribution in [0.5, 0.6) is 5.75 Å². The maximum Gasteiger partial charge on any atom is 0.369 e. The average molecular weight is 266 g/mol. The van der Waals surface area contributed by atoms with Gasteiger partial charge >= 0.3 is 8.56 Å². The minimum atomic E-state index is -2.38. The highest BCUT2D eigenvalue weighted by Crippen LogP contribution is 2.28. The zero-order chi connectivity index (χ0) is 13.6. The van der Waals surface area contributed by atoms with Crippen LogP contribution in [0.25, 0.3) is 5.20 Å². The molecule has 0 atom stereocenters. The molecule has 1 aromatic rings. The highest BCUT2D eigenvalue weighted by molar-refractivity contribution is 6.85. The first-order chi connectivity index (χ1) is 8.57. The second-order valence-electron chi connectivity index (χ2n) is 4.02. The van der Waals surface area contributed by atoms with Gasteiger partial charge in [-0.25, -0.2) is 0 Å². The number of ether oxygens (including phenoxy) is 1. The van der Waals surface area contributed by atoms with E-state index in [4.69, 9.17) is 13.6 Å². The Kier molecular flexibility index (Phi) is 5.59. The summed E-state index contributed by atoms with van der Waals surface area (Å²) in [7, 11) is -0.723. The summed E-state index contributed by atoms with van der Waals surface area (Å²) < 4.78 is 16.9. The van der Waals surface area contributed by atoms with Crippen molar-refractivity contribution in [2.75, 3.05) is 20.3 Å². The molecule has 100 valence electrons. The van der Waals surface area contributed by atoms with Gasteiger partial charge in [-0.3, -0.25) is 0 Å². The molecule has 3 nitrogen and oxygen atoms in total. The van der Waals surface area contributed by atoms with Crippen LogP contribution in [0.2, 0.25) is 6.55 Å². The second kappa shape index (κ2) is 6.73. The van der Waals surface area contributed by atoms with Gasteiger partial charge in [0, 0.05) is 13.2 Å². The molecule has 0 fully saturated rings. The molecular weight excluding hydrogens is 244 g/mol. The first kappa shape index (κ1) is 15.0. The molecule has 18 heavy (non-hydrogen) atoms. The van der Waals surface area contributed by atoms with Crippen LogP contribution in [0.1, 0.15) is 19.4 Å². The van der Waals surface area contributed by atoms with E-state index in [2.05, 4.69) is 6.58 Å². The van der Waals surface area contributed by atoms with Crippen molar-refractivity contribution in [1.82, 2.24) is 0 Å². The number of hydrogen-bond acceptors (Lipinski definition) is 3. The second-order valence-corrected chi connectivity index (χ2v) is 7.09. The largest absolute Gasteiger partial charge is 0.497 e. The van der Waals surface area contributed by atoms with Crippen LogP contribution in [0.3, 0.4) is 0 Å². The highest BCUT2D eigenvalue weighted by atomic mass is 28.4. The van der Waals surface area contributed by atoms with Gasteiger partial charge < -0.3 is 13.6 Å². The molecule has 0 aliphatic rings. The van der Waals surface area contributed by atoms with E-state index < -0.39 is 8.56 Å². The van der Waals surface area contributed by atoms with Crippen LogP contribution in [0, 0.1) is 0 Å². The van der Waals surface area contributed by atoms with Crippen molar-refractivity contribution in [2.45, 2.75) is 20.4 Å². The Bertz CT molecular complexity index is 398. The summed E-state index contributed by atoms with van der Waals surface area (Å²) in [6.45, 7) is 11.4. The van der Waals surface area contributed by atoms with Gasteiger partial charge in [0.2, 0.25) is 0 Å². The van der Waals surface area contributed by atoms with Crippen molar-refractivity contribution >= 4 is 13.8 Å². The fraction of sp³-hybridized carbons (Fsp3) is 0.429. The Balaban J connectivity index is 3.01. The lowest BCUT2D eigenvalue weighted by Crippen LogP contribution is -2.40. The number of methoxy groups -OCH3 is 1. The van der Waals surface area contributed by atoms with E-state index in [-0.39, 0.29) is 0 Å². The van der Waals surface area contributed by atoms with Gasteiger partial charge in [-0.05, 0) is 43.3 Å². The smallest absolute Gasteiger partial charge is 0.369 e. The van der Waals surface area contributed by atoms with Gasteiger partial charge in [-0.2, -0.15) is 0 Å². The zero-order valence-corrected chi connectivity index (χ0v) is 12.7. The lowest BCUT2D eigenvalue weighted by molar-refractivity contribution is 0.203. The summed E-state index contributed by atoms with van der Waals surface area (Å²) in [4.78, 5) is 0. The predicted molar refractivity (Wildman–Crippen MR) is 76.9 cm³/mol. The van der Waals surface area contributed by atoms with Gasteiger partial charge in [-0.15, -0.1) is 0 Å². The van der Waals surface area contributed by atoms with Crippen LogP contribution < -0.4 is 4.74 Å². The van der Waals surface area contributed by atoms with Crippen molar-refractivity contribution < 1.29 is 13.6 Å². The molecule has 0 unspecified atom stereocenters. The van der Waals surface area contributed by atoms with E-state index in [9.17, 15) is 0 Å². The first-order valence-corrected chi connectivity index (χ1v) is 8.50. The maximum absolute atomic E-state index is 5.84. The molecule has 0 spiro atoms. The molecule has 0 radical (unpaired) electrons. The molecule has 0 aliphatic heterocycles.